The van der Waals surface area contributed by atoms with E-state index in [0.29, 0.717) is 16.5 Å². The molecule has 1 heterocycles. The maximum atomic E-state index is 5.96. The Bertz CT molecular complexity index is 387. The Kier molecular flexibility index (Phi) is 3.79. The van der Waals surface area contributed by atoms with Gasteiger partial charge < -0.3 is 15.2 Å². The molecule has 1 aliphatic heterocycles. The summed E-state index contributed by atoms with van der Waals surface area (Å²) in [4.78, 5) is 0. The van der Waals surface area contributed by atoms with Crippen LogP contribution in [0.2, 0.25) is 5.02 Å². The lowest BCUT2D eigenvalue weighted by atomic mass is 10.0. The molecule has 2 N–H and O–H groups in total. The monoisotopic (exact) mass is 255 g/mol. The maximum absolute atomic E-state index is 5.96. The standard InChI is InChI=1S/C13H18ClNO2/c1-8-6-10(7-9(2)16-8)17-12-5-3-4-11(14)13(12)15/h3-5,8-10H,6-7,15H2,1-2H3. The highest BCUT2D eigenvalue weighted by molar-refractivity contribution is 6.33. The topological polar surface area (TPSA) is 44.5 Å². The van der Waals surface area contributed by atoms with Gasteiger partial charge in [0.15, 0.2) is 0 Å². The van der Waals surface area contributed by atoms with Crippen LogP contribution in [0.5, 0.6) is 5.75 Å². The van der Waals surface area contributed by atoms with E-state index >= 15 is 0 Å². The van der Waals surface area contributed by atoms with Crippen LogP contribution in [0.4, 0.5) is 5.69 Å². The second-order valence-corrected chi connectivity index (χ2v) is 5.03. The highest BCUT2D eigenvalue weighted by Gasteiger charge is 2.26. The van der Waals surface area contributed by atoms with Crippen LogP contribution in [0.3, 0.4) is 0 Å². The second-order valence-electron chi connectivity index (χ2n) is 4.62. The molecular weight excluding hydrogens is 238 g/mol. The SMILES string of the molecule is CC1CC(Oc2cccc(Cl)c2N)CC(C)O1. The molecule has 2 atom stereocenters. The quantitative estimate of drug-likeness (QED) is 0.825. The zero-order chi connectivity index (χ0) is 12.4. The molecular formula is C13H18ClNO2. The Morgan fingerprint density at radius 2 is 1.94 bits per heavy atom. The molecule has 0 radical (unpaired) electrons. The molecule has 2 rings (SSSR count). The van der Waals surface area contributed by atoms with Crippen molar-refractivity contribution in [1.82, 2.24) is 0 Å². The van der Waals surface area contributed by atoms with Gasteiger partial charge in [-0.15, -0.1) is 0 Å². The number of nitrogen functional groups attached to an aromatic ring is 1. The fourth-order valence-corrected chi connectivity index (χ4v) is 2.41. The highest BCUT2D eigenvalue weighted by Crippen LogP contribution is 2.32. The summed E-state index contributed by atoms with van der Waals surface area (Å²) >= 11 is 5.96. The van der Waals surface area contributed by atoms with E-state index in [4.69, 9.17) is 26.8 Å². The lowest BCUT2D eigenvalue weighted by Crippen LogP contribution is -2.35. The summed E-state index contributed by atoms with van der Waals surface area (Å²) in [5.74, 6) is 0.670. The summed E-state index contributed by atoms with van der Waals surface area (Å²) in [5, 5.41) is 0.538. The summed E-state index contributed by atoms with van der Waals surface area (Å²) < 4.78 is 11.6. The molecule has 1 saturated heterocycles. The van der Waals surface area contributed by atoms with Crippen LogP contribution < -0.4 is 10.5 Å². The van der Waals surface area contributed by atoms with E-state index in [1.807, 2.05) is 12.1 Å². The molecule has 1 aromatic carbocycles. The van der Waals surface area contributed by atoms with Crippen LogP contribution in [0.15, 0.2) is 18.2 Å². The third-order valence-corrected chi connectivity index (χ3v) is 3.29. The molecule has 0 aromatic heterocycles. The smallest absolute Gasteiger partial charge is 0.144 e. The number of hydrogen-bond donors (Lipinski definition) is 1. The number of halogens is 1. The Balaban J connectivity index is 2.07. The van der Waals surface area contributed by atoms with Gasteiger partial charge >= 0.3 is 0 Å². The fraction of sp³-hybridized carbons (Fsp3) is 0.538. The molecule has 0 amide bonds. The van der Waals surface area contributed by atoms with Crippen LogP contribution in [-0.2, 0) is 4.74 Å². The number of para-hydroxylation sites is 1. The van der Waals surface area contributed by atoms with E-state index in [1.54, 1.807) is 6.07 Å². The summed E-state index contributed by atoms with van der Waals surface area (Å²) in [6, 6.07) is 5.46. The molecule has 2 unspecified atom stereocenters. The van der Waals surface area contributed by atoms with Gasteiger partial charge in [0.05, 0.1) is 22.9 Å². The van der Waals surface area contributed by atoms with Crippen molar-refractivity contribution >= 4 is 17.3 Å². The largest absolute Gasteiger partial charge is 0.488 e. The second kappa shape index (κ2) is 5.15. The van der Waals surface area contributed by atoms with Crippen LogP contribution in [0, 0.1) is 0 Å². The van der Waals surface area contributed by atoms with Gasteiger partial charge in [0.2, 0.25) is 0 Å². The van der Waals surface area contributed by atoms with Gasteiger partial charge in [-0.25, -0.2) is 0 Å². The van der Waals surface area contributed by atoms with Crippen molar-refractivity contribution in [2.24, 2.45) is 0 Å². The highest BCUT2D eigenvalue weighted by atomic mass is 35.5. The van der Waals surface area contributed by atoms with Crippen LogP contribution in [0.1, 0.15) is 26.7 Å². The molecule has 0 aliphatic carbocycles. The molecule has 17 heavy (non-hydrogen) atoms. The van der Waals surface area contributed by atoms with Crippen LogP contribution in [0.25, 0.3) is 0 Å². The molecule has 0 spiro atoms. The predicted octanol–water partition coefficient (Wildman–Crippen LogP) is 3.26. The number of rotatable bonds is 2. The first-order chi connectivity index (χ1) is 8.06. The first kappa shape index (κ1) is 12.5. The molecule has 0 bridgehead atoms. The molecule has 1 fully saturated rings. The first-order valence-corrected chi connectivity index (χ1v) is 6.30. The van der Waals surface area contributed by atoms with Crippen molar-refractivity contribution in [2.45, 2.75) is 45.0 Å². The van der Waals surface area contributed by atoms with Gasteiger partial charge in [-0.2, -0.15) is 0 Å². The van der Waals surface area contributed by atoms with Crippen molar-refractivity contribution in [3.05, 3.63) is 23.2 Å². The summed E-state index contributed by atoms with van der Waals surface area (Å²) in [5.41, 5.74) is 6.40. The minimum atomic E-state index is 0.148. The molecule has 4 heteroatoms. The molecule has 1 aromatic rings. The van der Waals surface area contributed by atoms with Gasteiger partial charge in [0.1, 0.15) is 11.9 Å². The zero-order valence-corrected chi connectivity index (χ0v) is 10.9. The van der Waals surface area contributed by atoms with Crippen LogP contribution in [-0.4, -0.2) is 18.3 Å². The van der Waals surface area contributed by atoms with Crippen molar-refractivity contribution < 1.29 is 9.47 Å². The van der Waals surface area contributed by atoms with Gasteiger partial charge in [-0.3, -0.25) is 0 Å². The van der Waals surface area contributed by atoms with Gasteiger partial charge in [0.25, 0.3) is 0 Å². The number of anilines is 1. The minimum Gasteiger partial charge on any atom is -0.488 e. The number of nitrogens with two attached hydrogens (primary N) is 1. The first-order valence-electron chi connectivity index (χ1n) is 5.92. The normalized spacial score (nSPS) is 29.0. The summed E-state index contributed by atoms with van der Waals surface area (Å²) in [6.45, 7) is 4.13. The van der Waals surface area contributed by atoms with Gasteiger partial charge in [-0.05, 0) is 26.0 Å². The van der Waals surface area contributed by atoms with Crippen molar-refractivity contribution in [1.29, 1.82) is 0 Å². The Labute approximate surface area is 107 Å². The lowest BCUT2D eigenvalue weighted by Gasteiger charge is -2.32. The average molecular weight is 256 g/mol. The van der Waals surface area contributed by atoms with E-state index in [0.717, 1.165) is 12.8 Å². The Morgan fingerprint density at radius 3 is 2.59 bits per heavy atom. The Morgan fingerprint density at radius 1 is 1.29 bits per heavy atom. The van der Waals surface area contributed by atoms with Gasteiger partial charge in [-0.1, -0.05) is 17.7 Å². The van der Waals surface area contributed by atoms with Gasteiger partial charge in [0, 0.05) is 12.8 Å². The van der Waals surface area contributed by atoms with E-state index < -0.39 is 0 Å². The van der Waals surface area contributed by atoms with E-state index in [2.05, 4.69) is 13.8 Å². The fourth-order valence-electron chi connectivity index (χ4n) is 2.24. The Hall–Kier alpha value is -0.930. The number of hydrogen-bond acceptors (Lipinski definition) is 3. The van der Waals surface area contributed by atoms with E-state index in [9.17, 15) is 0 Å². The van der Waals surface area contributed by atoms with Crippen molar-refractivity contribution in [3.63, 3.8) is 0 Å². The van der Waals surface area contributed by atoms with Crippen LogP contribution >= 0.6 is 11.6 Å². The molecule has 1 aliphatic rings. The average Bonchev–Trinajstić information content (AvgIpc) is 2.23. The summed E-state index contributed by atoms with van der Waals surface area (Å²) in [6.07, 6.45) is 2.37. The van der Waals surface area contributed by atoms with Crippen molar-refractivity contribution in [3.8, 4) is 5.75 Å². The third kappa shape index (κ3) is 3.05. The predicted molar refractivity (Wildman–Crippen MR) is 69.5 cm³/mol. The number of ether oxygens (including phenoxy) is 2. The maximum Gasteiger partial charge on any atom is 0.144 e. The molecule has 0 saturated carbocycles. The minimum absolute atomic E-state index is 0.148. The van der Waals surface area contributed by atoms with E-state index in [-0.39, 0.29) is 18.3 Å². The molecule has 94 valence electrons. The number of benzene rings is 1. The van der Waals surface area contributed by atoms with Crippen molar-refractivity contribution in [2.75, 3.05) is 5.73 Å². The lowest BCUT2D eigenvalue weighted by molar-refractivity contribution is -0.0720. The zero-order valence-electron chi connectivity index (χ0n) is 10.2. The molecule has 3 nitrogen and oxygen atoms in total. The summed E-state index contributed by atoms with van der Waals surface area (Å²) in [7, 11) is 0. The van der Waals surface area contributed by atoms with E-state index in [1.165, 1.54) is 0 Å². The third-order valence-electron chi connectivity index (χ3n) is 2.96.